The molecule has 1 N–H and O–H groups in total. The fraction of sp³-hybridized carbons (Fsp3) is 0.375. The van der Waals surface area contributed by atoms with Crippen molar-refractivity contribution < 1.29 is 9.13 Å². The zero-order valence-corrected chi connectivity index (χ0v) is 11.8. The molecule has 3 rings (SSSR count). The first-order valence-corrected chi connectivity index (χ1v) is 7.22. The minimum Gasteiger partial charge on any atom is -0.475 e. The van der Waals surface area contributed by atoms with Gasteiger partial charge in [0.1, 0.15) is 0 Å². The quantitative estimate of drug-likeness (QED) is 0.850. The molecule has 0 atom stereocenters. The van der Waals surface area contributed by atoms with E-state index in [1.165, 1.54) is 12.8 Å². The molecule has 0 saturated heterocycles. The van der Waals surface area contributed by atoms with Crippen molar-refractivity contribution in [3.63, 3.8) is 0 Å². The van der Waals surface area contributed by atoms with Crippen molar-refractivity contribution in [2.75, 3.05) is 6.61 Å². The predicted molar refractivity (Wildman–Crippen MR) is 77.5 cm³/mol. The number of nitrogens with one attached hydrogen (secondary N) is 1. The minimum absolute atomic E-state index is 0.0704. The Morgan fingerprint density at radius 2 is 2.10 bits per heavy atom. The number of nitrogens with zero attached hydrogens (tertiary/aromatic N) is 2. The van der Waals surface area contributed by atoms with Crippen LogP contribution in [-0.2, 0) is 13.0 Å². The highest BCUT2D eigenvalue weighted by Crippen LogP contribution is 2.21. The van der Waals surface area contributed by atoms with Crippen molar-refractivity contribution in [3.05, 3.63) is 53.7 Å². The average molecular weight is 287 g/mol. The first kappa shape index (κ1) is 13.9. The SMILES string of the molecule is Fc1c(CNC2CC2)ccnc1OCCc1ccccn1. The van der Waals surface area contributed by atoms with Crippen LogP contribution in [0.1, 0.15) is 24.1 Å². The summed E-state index contributed by atoms with van der Waals surface area (Å²) in [5, 5.41) is 3.29. The lowest BCUT2D eigenvalue weighted by Crippen LogP contribution is -2.17. The zero-order chi connectivity index (χ0) is 14.5. The van der Waals surface area contributed by atoms with Gasteiger partial charge in [-0.1, -0.05) is 6.07 Å². The second kappa shape index (κ2) is 6.63. The third-order valence-corrected chi connectivity index (χ3v) is 3.42. The van der Waals surface area contributed by atoms with Gasteiger partial charge in [0.2, 0.25) is 0 Å². The smallest absolute Gasteiger partial charge is 0.250 e. The van der Waals surface area contributed by atoms with E-state index < -0.39 is 0 Å². The van der Waals surface area contributed by atoms with Crippen LogP contribution in [0.2, 0.25) is 0 Å². The van der Waals surface area contributed by atoms with Crippen LogP contribution in [0.3, 0.4) is 0 Å². The van der Waals surface area contributed by atoms with Crippen molar-refractivity contribution in [2.24, 2.45) is 0 Å². The summed E-state index contributed by atoms with van der Waals surface area (Å²) in [5.41, 5.74) is 1.52. The normalized spacial score (nSPS) is 14.1. The van der Waals surface area contributed by atoms with Gasteiger partial charge >= 0.3 is 0 Å². The third kappa shape index (κ3) is 3.98. The van der Waals surface area contributed by atoms with Crippen molar-refractivity contribution in [2.45, 2.75) is 31.8 Å². The molecular formula is C16H18FN3O. The van der Waals surface area contributed by atoms with E-state index in [1.54, 1.807) is 18.5 Å². The summed E-state index contributed by atoms with van der Waals surface area (Å²) in [5.74, 6) is -0.298. The first-order chi connectivity index (χ1) is 10.3. The van der Waals surface area contributed by atoms with Crippen LogP contribution in [0, 0.1) is 5.82 Å². The van der Waals surface area contributed by atoms with Gasteiger partial charge in [0, 0.05) is 42.7 Å². The summed E-state index contributed by atoms with van der Waals surface area (Å²) < 4.78 is 19.7. The Labute approximate surface area is 123 Å². The molecule has 21 heavy (non-hydrogen) atoms. The highest BCUT2D eigenvalue weighted by atomic mass is 19.1. The molecule has 4 nitrogen and oxygen atoms in total. The molecule has 0 aliphatic heterocycles. The molecule has 0 amide bonds. The lowest BCUT2D eigenvalue weighted by Gasteiger charge is -2.09. The van der Waals surface area contributed by atoms with E-state index in [-0.39, 0.29) is 11.7 Å². The Hall–Kier alpha value is -2.01. The molecule has 0 bridgehead atoms. The fourth-order valence-electron chi connectivity index (χ4n) is 2.04. The number of pyridine rings is 2. The van der Waals surface area contributed by atoms with E-state index in [1.807, 2.05) is 18.2 Å². The summed E-state index contributed by atoms with van der Waals surface area (Å²) in [4.78, 5) is 8.17. The van der Waals surface area contributed by atoms with Crippen LogP contribution in [0.4, 0.5) is 4.39 Å². The maximum absolute atomic E-state index is 14.2. The van der Waals surface area contributed by atoms with Crippen LogP contribution in [0.25, 0.3) is 0 Å². The van der Waals surface area contributed by atoms with Crippen LogP contribution >= 0.6 is 0 Å². The standard InChI is InChI=1S/C16H18FN3O/c17-15-12(11-20-14-4-5-14)6-9-19-16(15)21-10-7-13-3-1-2-8-18-13/h1-3,6,8-9,14,20H,4-5,7,10-11H2. The maximum atomic E-state index is 14.2. The van der Waals surface area contributed by atoms with Gasteiger partial charge < -0.3 is 10.1 Å². The second-order valence-corrected chi connectivity index (χ2v) is 5.16. The predicted octanol–water partition coefficient (Wildman–Crippen LogP) is 2.49. The Bertz CT molecular complexity index is 587. The van der Waals surface area contributed by atoms with Gasteiger partial charge in [-0.05, 0) is 31.0 Å². The molecule has 0 unspecified atom stereocenters. The number of rotatable bonds is 7. The molecule has 0 aromatic carbocycles. The highest BCUT2D eigenvalue weighted by Gasteiger charge is 2.21. The van der Waals surface area contributed by atoms with E-state index in [2.05, 4.69) is 15.3 Å². The number of hydrogen-bond acceptors (Lipinski definition) is 4. The highest BCUT2D eigenvalue weighted by molar-refractivity contribution is 5.23. The molecule has 0 spiro atoms. The zero-order valence-electron chi connectivity index (χ0n) is 11.8. The topological polar surface area (TPSA) is 47.0 Å². The molecule has 2 aromatic rings. The number of ether oxygens (including phenoxy) is 1. The van der Waals surface area contributed by atoms with Crippen molar-refractivity contribution in [1.29, 1.82) is 0 Å². The van der Waals surface area contributed by atoms with Crippen LogP contribution in [0.5, 0.6) is 5.88 Å². The average Bonchev–Trinajstić information content (AvgIpc) is 3.33. The summed E-state index contributed by atoms with van der Waals surface area (Å²) in [6.07, 6.45) is 6.31. The fourth-order valence-corrected chi connectivity index (χ4v) is 2.04. The Morgan fingerprint density at radius 3 is 2.86 bits per heavy atom. The number of halogens is 1. The molecule has 110 valence electrons. The molecule has 1 aliphatic carbocycles. The Balaban J connectivity index is 1.55. The van der Waals surface area contributed by atoms with Crippen molar-refractivity contribution in [3.8, 4) is 5.88 Å². The third-order valence-electron chi connectivity index (χ3n) is 3.42. The van der Waals surface area contributed by atoms with E-state index in [9.17, 15) is 4.39 Å². The molecule has 5 heteroatoms. The largest absolute Gasteiger partial charge is 0.475 e. The molecule has 1 saturated carbocycles. The Morgan fingerprint density at radius 1 is 1.19 bits per heavy atom. The minimum atomic E-state index is -0.369. The number of aromatic nitrogens is 2. The van der Waals surface area contributed by atoms with Crippen LogP contribution in [0.15, 0.2) is 36.7 Å². The summed E-state index contributed by atoms with van der Waals surface area (Å²) in [7, 11) is 0. The Kier molecular flexibility index (Phi) is 4.40. The summed E-state index contributed by atoms with van der Waals surface area (Å²) in [6, 6.07) is 7.94. The van der Waals surface area contributed by atoms with Gasteiger partial charge in [0.25, 0.3) is 5.88 Å². The molecule has 1 aliphatic rings. The lowest BCUT2D eigenvalue weighted by molar-refractivity contribution is 0.289. The van der Waals surface area contributed by atoms with Gasteiger partial charge in [-0.2, -0.15) is 0 Å². The van der Waals surface area contributed by atoms with Gasteiger partial charge in [-0.25, -0.2) is 9.37 Å². The van der Waals surface area contributed by atoms with E-state index in [0.717, 1.165) is 5.69 Å². The van der Waals surface area contributed by atoms with Crippen LogP contribution < -0.4 is 10.1 Å². The van der Waals surface area contributed by atoms with Crippen molar-refractivity contribution >= 4 is 0 Å². The van der Waals surface area contributed by atoms with E-state index in [4.69, 9.17) is 4.74 Å². The van der Waals surface area contributed by atoms with Gasteiger partial charge in [0.15, 0.2) is 5.82 Å². The van der Waals surface area contributed by atoms with Crippen LogP contribution in [-0.4, -0.2) is 22.6 Å². The maximum Gasteiger partial charge on any atom is 0.250 e. The molecule has 2 aromatic heterocycles. The summed E-state index contributed by atoms with van der Waals surface area (Å²) in [6.45, 7) is 0.885. The van der Waals surface area contributed by atoms with Crippen molar-refractivity contribution in [1.82, 2.24) is 15.3 Å². The van der Waals surface area contributed by atoms with Gasteiger partial charge in [-0.3, -0.25) is 4.98 Å². The molecule has 2 heterocycles. The van der Waals surface area contributed by atoms with E-state index >= 15 is 0 Å². The van der Waals surface area contributed by atoms with Gasteiger partial charge in [-0.15, -0.1) is 0 Å². The van der Waals surface area contributed by atoms with E-state index in [0.29, 0.717) is 31.2 Å². The van der Waals surface area contributed by atoms with Gasteiger partial charge in [0.05, 0.1) is 6.61 Å². The molecule has 0 radical (unpaired) electrons. The molecule has 1 fully saturated rings. The second-order valence-electron chi connectivity index (χ2n) is 5.16. The first-order valence-electron chi connectivity index (χ1n) is 7.22. The monoisotopic (exact) mass is 287 g/mol. The lowest BCUT2D eigenvalue weighted by atomic mass is 10.2. The summed E-state index contributed by atoms with van der Waals surface area (Å²) >= 11 is 0. The number of hydrogen-bond donors (Lipinski definition) is 1. The molecular weight excluding hydrogens is 269 g/mol.